The molecule has 0 bridgehead atoms. The highest BCUT2D eigenvalue weighted by Crippen LogP contribution is 2.22. The quantitative estimate of drug-likeness (QED) is 0.900. The van der Waals surface area contributed by atoms with Crippen molar-refractivity contribution in [2.75, 3.05) is 26.2 Å². The van der Waals surface area contributed by atoms with Crippen molar-refractivity contribution in [3.63, 3.8) is 0 Å². The standard InChI is InChI=1S/C15H20FN3O2/c1-11(20)18-7-2-8-19(10-9-18)14(15(17)21)12-3-5-13(16)6-4-12/h3-6,14H,2,7-10H2,1H3,(H2,17,21)/t14-/m1/s1. The molecule has 1 atom stereocenters. The second-order valence-electron chi connectivity index (χ2n) is 5.25. The Morgan fingerprint density at radius 2 is 1.81 bits per heavy atom. The van der Waals surface area contributed by atoms with Gasteiger partial charge in [-0.3, -0.25) is 14.5 Å². The molecule has 0 aromatic heterocycles. The van der Waals surface area contributed by atoms with Crippen LogP contribution < -0.4 is 5.73 Å². The van der Waals surface area contributed by atoms with Gasteiger partial charge < -0.3 is 10.6 Å². The zero-order valence-electron chi connectivity index (χ0n) is 12.1. The van der Waals surface area contributed by atoms with E-state index in [-0.39, 0.29) is 11.7 Å². The van der Waals surface area contributed by atoms with Gasteiger partial charge in [-0.25, -0.2) is 4.39 Å². The number of amides is 2. The minimum Gasteiger partial charge on any atom is -0.368 e. The Labute approximate surface area is 123 Å². The summed E-state index contributed by atoms with van der Waals surface area (Å²) in [5.41, 5.74) is 6.21. The number of nitrogens with zero attached hydrogens (tertiary/aromatic N) is 2. The average molecular weight is 293 g/mol. The Kier molecular flexibility index (Phi) is 4.90. The lowest BCUT2D eigenvalue weighted by atomic mass is 10.0. The van der Waals surface area contributed by atoms with Crippen LogP contribution in [0.1, 0.15) is 24.9 Å². The normalized spacial score (nSPS) is 18.1. The summed E-state index contributed by atoms with van der Waals surface area (Å²) in [6.07, 6.45) is 0.782. The number of nitrogens with two attached hydrogens (primary N) is 1. The summed E-state index contributed by atoms with van der Waals surface area (Å²) in [6, 6.07) is 5.23. The summed E-state index contributed by atoms with van der Waals surface area (Å²) in [5, 5.41) is 0. The molecule has 1 saturated heterocycles. The van der Waals surface area contributed by atoms with Crippen LogP contribution in [0.15, 0.2) is 24.3 Å². The molecule has 21 heavy (non-hydrogen) atoms. The molecule has 6 heteroatoms. The van der Waals surface area contributed by atoms with E-state index in [2.05, 4.69) is 0 Å². The van der Waals surface area contributed by atoms with Crippen molar-refractivity contribution in [3.05, 3.63) is 35.6 Å². The van der Waals surface area contributed by atoms with Crippen molar-refractivity contribution >= 4 is 11.8 Å². The van der Waals surface area contributed by atoms with Gasteiger partial charge in [-0.15, -0.1) is 0 Å². The van der Waals surface area contributed by atoms with E-state index in [1.807, 2.05) is 4.90 Å². The van der Waals surface area contributed by atoms with Crippen LogP contribution in [0.5, 0.6) is 0 Å². The van der Waals surface area contributed by atoms with Gasteiger partial charge in [0.25, 0.3) is 0 Å². The van der Waals surface area contributed by atoms with E-state index in [0.717, 1.165) is 6.42 Å². The van der Waals surface area contributed by atoms with E-state index >= 15 is 0 Å². The maximum atomic E-state index is 13.0. The fourth-order valence-corrected chi connectivity index (χ4v) is 2.71. The van der Waals surface area contributed by atoms with Gasteiger partial charge in [0.2, 0.25) is 11.8 Å². The third-order valence-corrected chi connectivity index (χ3v) is 3.80. The van der Waals surface area contributed by atoms with Crippen LogP contribution in [-0.2, 0) is 9.59 Å². The van der Waals surface area contributed by atoms with Gasteiger partial charge >= 0.3 is 0 Å². The first-order valence-electron chi connectivity index (χ1n) is 7.03. The molecule has 114 valence electrons. The Morgan fingerprint density at radius 1 is 1.14 bits per heavy atom. The third-order valence-electron chi connectivity index (χ3n) is 3.80. The topological polar surface area (TPSA) is 66.6 Å². The number of carbonyl (C=O) groups is 2. The van der Waals surface area contributed by atoms with Gasteiger partial charge in [0.05, 0.1) is 0 Å². The number of halogens is 1. The molecule has 2 amide bonds. The lowest BCUT2D eigenvalue weighted by Gasteiger charge is -2.28. The summed E-state index contributed by atoms with van der Waals surface area (Å²) in [4.78, 5) is 27.0. The Morgan fingerprint density at radius 3 is 2.38 bits per heavy atom. The van der Waals surface area contributed by atoms with Crippen molar-refractivity contribution in [2.45, 2.75) is 19.4 Å². The highest BCUT2D eigenvalue weighted by atomic mass is 19.1. The van der Waals surface area contributed by atoms with Gasteiger partial charge in [0, 0.05) is 33.1 Å². The van der Waals surface area contributed by atoms with Crippen LogP contribution in [0, 0.1) is 5.82 Å². The molecule has 0 saturated carbocycles. The van der Waals surface area contributed by atoms with E-state index in [9.17, 15) is 14.0 Å². The van der Waals surface area contributed by atoms with Crippen LogP contribution in [-0.4, -0.2) is 47.8 Å². The minimum atomic E-state index is -0.586. The smallest absolute Gasteiger partial charge is 0.239 e. The summed E-state index contributed by atoms with van der Waals surface area (Å²) < 4.78 is 13.0. The van der Waals surface area contributed by atoms with Gasteiger partial charge in [0.1, 0.15) is 11.9 Å². The Hall–Kier alpha value is -1.95. The molecule has 2 N–H and O–H groups in total. The summed E-state index contributed by atoms with van der Waals surface area (Å²) in [5.74, 6) is -0.771. The number of hydrogen-bond acceptors (Lipinski definition) is 3. The van der Waals surface area contributed by atoms with Crippen LogP contribution in [0.4, 0.5) is 4.39 Å². The lowest BCUT2D eigenvalue weighted by Crippen LogP contribution is -2.40. The fourth-order valence-electron chi connectivity index (χ4n) is 2.71. The van der Waals surface area contributed by atoms with Gasteiger partial charge in [0.15, 0.2) is 0 Å². The maximum absolute atomic E-state index is 13.0. The molecular weight excluding hydrogens is 273 g/mol. The molecule has 0 spiro atoms. The van der Waals surface area contributed by atoms with Crippen LogP contribution in [0.2, 0.25) is 0 Å². The molecule has 1 fully saturated rings. The molecular formula is C15H20FN3O2. The molecule has 2 rings (SSSR count). The summed E-state index contributed by atoms with van der Waals surface area (Å²) >= 11 is 0. The number of rotatable bonds is 3. The van der Waals surface area contributed by atoms with Crippen molar-refractivity contribution in [2.24, 2.45) is 5.73 Å². The first-order chi connectivity index (χ1) is 9.99. The number of primary amides is 1. The van der Waals surface area contributed by atoms with Gasteiger partial charge in [-0.1, -0.05) is 12.1 Å². The van der Waals surface area contributed by atoms with E-state index in [1.165, 1.54) is 12.1 Å². The highest BCUT2D eigenvalue weighted by molar-refractivity contribution is 5.81. The monoisotopic (exact) mass is 293 g/mol. The Balaban J connectivity index is 2.17. The third kappa shape index (κ3) is 3.78. The lowest BCUT2D eigenvalue weighted by molar-refractivity contribution is -0.128. The number of benzene rings is 1. The second-order valence-corrected chi connectivity index (χ2v) is 5.25. The number of hydrogen-bond donors (Lipinski definition) is 1. The molecule has 1 aliphatic heterocycles. The van der Waals surface area contributed by atoms with Crippen molar-refractivity contribution < 1.29 is 14.0 Å². The largest absolute Gasteiger partial charge is 0.368 e. The van der Waals surface area contributed by atoms with Gasteiger partial charge in [-0.2, -0.15) is 0 Å². The van der Waals surface area contributed by atoms with E-state index in [0.29, 0.717) is 31.7 Å². The molecule has 1 aromatic rings. The highest BCUT2D eigenvalue weighted by Gasteiger charge is 2.28. The SMILES string of the molecule is CC(=O)N1CCCN([C@@H](C(N)=O)c2ccc(F)cc2)CC1. The zero-order valence-corrected chi connectivity index (χ0v) is 12.1. The Bertz CT molecular complexity index is 518. The second kappa shape index (κ2) is 6.67. The number of carbonyl (C=O) groups excluding carboxylic acids is 2. The van der Waals surface area contributed by atoms with Crippen LogP contribution >= 0.6 is 0 Å². The maximum Gasteiger partial charge on any atom is 0.239 e. The van der Waals surface area contributed by atoms with Gasteiger partial charge in [-0.05, 0) is 24.1 Å². The van der Waals surface area contributed by atoms with Crippen molar-refractivity contribution in [3.8, 4) is 0 Å². The molecule has 0 unspecified atom stereocenters. The van der Waals surface area contributed by atoms with E-state index < -0.39 is 11.9 Å². The first-order valence-corrected chi connectivity index (χ1v) is 7.03. The van der Waals surface area contributed by atoms with Crippen molar-refractivity contribution in [1.82, 2.24) is 9.80 Å². The van der Waals surface area contributed by atoms with E-state index in [4.69, 9.17) is 5.73 Å². The zero-order chi connectivity index (χ0) is 15.4. The molecule has 1 aliphatic rings. The molecule has 1 heterocycles. The van der Waals surface area contributed by atoms with Crippen LogP contribution in [0.3, 0.4) is 0 Å². The van der Waals surface area contributed by atoms with E-state index in [1.54, 1.807) is 24.0 Å². The molecule has 5 nitrogen and oxygen atoms in total. The summed E-state index contributed by atoms with van der Waals surface area (Å²) in [6.45, 7) is 4.04. The van der Waals surface area contributed by atoms with Crippen LogP contribution in [0.25, 0.3) is 0 Å². The minimum absolute atomic E-state index is 0.0363. The van der Waals surface area contributed by atoms with Crippen molar-refractivity contribution in [1.29, 1.82) is 0 Å². The first kappa shape index (κ1) is 15.4. The average Bonchev–Trinajstić information content (AvgIpc) is 2.67. The molecule has 1 aromatic carbocycles. The predicted molar refractivity (Wildman–Crippen MR) is 76.8 cm³/mol. The molecule has 0 radical (unpaired) electrons. The summed E-state index contributed by atoms with van der Waals surface area (Å²) in [7, 11) is 0. The predicted octanol–water partition coefficient (Wildman–Crippen LogP) is 0.906. The molecule has 0 aliphatic carbocycles. The fraction of sp³-hybridized carbons (Fsp3) is 0.467.